The van der Waals surface area contributed by atoms with E-state index in [2.05, 4.69) is 4.98 Å². The minimum atomic E-state index is -0.658. The lowest BCUT2D eigenvalue weighted by Crippen LogP contribution is -1.86. The summed E-state index contributed by atoms with van der Waals surface area (Å²) in [6.45, 7) is 0. The van der Waals surface area contributed by atoms with Gasteiger partial charge in [0.15, 0.2) is 6.29 Å². The lowest BCUT2D eigenvalue weighted by molar-refractivity contribution is 0.112. The van der Waals surface area contributed by atoms with Crippen LogP contribution in [0.5, 0.6) is 0 Å². The van der Waals surface area contributed by atoms with Crippen molar-refractivity contribution in [3.63, 3.8) is 0 Å². The van der Waals surface area contributed by atoms with E-state index in [1.165, 1.54) is 6.07 Å². The summed E-state index contributed by atoms with van der Waals surface area (Å²) in [6.07, 6.45) is 2.67. The number of aromatic amines is 1. The number of fused-ring (bicyclic) bond motifs is 1. The zero-order valence-electron chi connectivity index (χ0n) is 8.39. The molecule has 16 heavy (non-hydrogen) atoms. The molecule has 0 saturated heterocycles. The molecule has 1 fully saturated rings. The third kappa shape index (κ3) is 1.26. The number of rotatable bonds is 2. The zero-order valence-corrected chi connectivity index (χ0v) is 8.39. The van der Waals surface area contributed by atoms with Crippen LogP contribution in [0.25, 0.3) is 10.9 Å². The molecule has 0 atom stereocenters. The Morgan fingerprint density at radius 3 is 2.69 bits per heavy atom. The fourth-order valence-corrected chi connectivity index (χ4v) is 2.08. The van der Waals surface area contributed by atoms with Crippen molar-refractivity contribution in [2.75, 3.05) is 0 Å². The maximum atomic E-state index is 13.5. The van der Waals surface area contributed by atoms with Gasteiger partial charge in [-0.2, -0.15) is 0 Å². The van der Waals surface area contributed by atoms with E-state index in [9.17, 15) is 13.6 Å². The average Bonchev–Trinajstić information content (AvgIpc) is 3.00. The molecule has 82 valence electrons. The van der Waals surface area contributed by atoms with E-state index >= 15 is 0 Å². The Morgan fingerprint density at radius 1 is 1.31 bits per heavy atom. The average molecular weight is 221 g/mol. The first-order valence-electron chi connectivity index (χ1n) is 5.16. The number of aromatic nitrogens is 1. The van der Waals surface area contributed by atoms with Crippen molar-refractivity contribution in [3.05, 3.63) is 35.0 Å². The van der Waals surface area contributed by atoms with E-state index in [1.807, 2.05) is 0 Å². The van der Waals surface area contributed by atoms with Gasteiger partial charge in [-0.05, 0) is 24.8 Å². The van der Waals surface area contributed by atoms with E-state index in [0.29, 0.717) is 23.2 Å². The molecule has 0 unspecified atom stereocenters. The number of hydrogen-bond donors (Lipinski definition) is 1. The molecule has 2 aromatic rings. The van der Waals surface area contributed by atoms with Gasteiger partial charge in [0.2, 0.25) is 0 Å². The third-order valence-electron chi connectivity index (χ3n) is 3.00. The van der Waals surface area contributed by atoms with Gasteiger partial charge in [-0.3, -0.25) is 4.79 Å². The molecule has 1 aromatic carbocycles. The second kappa shape index (κ2) is 3.14. The van der Waals surface area contributed by atoms with Crippen molar-refractivity contribution >= 4 is 17.2 Å². The van der Waals surface area contributed by atoms with Crippen molar-refractivity contribution in [1.82, 2.24) is 4.98 Å². The van der Waals surface area contributed by atoms with Crippen LogP contribution >= 0.6 is 0 Å². The number of benzene rings is 1. The number of aldehydes is 1. The van der Waals surface area contributed by atoms with E-state index < -0.39 is 11.6 Å². The van der Waals surface area contributed by atoms with E-state index in [4.69, 9.17) is 0 Å². The molecule has 0 radical (unpaired) electrons. The van der Waals surface area contributed by atoms with E-state index in [0.717, 1.165) is 24.6 Å². The van der Waals surface area contributed by atoms with Crippen LogP contribution in [0.3, 0.4) is 0 Å². The zero-order chi connectivity index (χ0) is 11.3. The Balaban J connectivity index is 2.37. The molecule has 0 aliphatic heterocycles. The summed E-state index contributed by atoms with van der Waals surface area (Å²) < 4.78 is 26.5. The quantitative estimate of drug-likeness (QED) is 0.776. The lowest BCUT2D eigenvalue weighted by atomic mass is 10.1. The van der Waals surface area contributed by atoms with Gasteiger partial charge in [0.05, 0.1) is 5.52 Å². The molecule has 1 aliphatic rings. The Kier molecular flexibility index (Phi) is 1.87. The van der Waals surface area contributed by atoms with Crippen LogP contribution in [0.1, 0.15) is 34.8 Å². The van der Waals surface area contributed by atoms with E-state index in [-0.39, 0.29) is 5.52 Å². The van der Waals surface area contributed by atoms with Crippen molar-refractivity contribution in [3.8, 4) is 0 Å². The fraction of sp³-hybridized carbons (Fsp3) is 0.250. The van der Waals surface area contributed by atoms with Gasteiger partial charge in [-0.25, -0.2) is 8.78 Å². The molecule has 1 aliphatic carbocycles. The first-order valence-corrected chi connectivity index (χ1v) is 5.16. The van der Waals surface area contributed by atoms with Gasteiger partial charge in [-0.15, -0.1) is 0 Å². The van der Waals surface area contributed by atoms with Crippen molar-refractivity contribution in [2.45, 2.75) is 18.8 Å². The molecular weight excluding hydrogens is 212 g/mol. The number of halogens is 2. The Hall–Kier alpha value is -1.71. The van der Waals surface area contributed by atoms with Crippen LogP contribution in [-0.2, 0) is 0 Å². The molecule has 1 aromatic heterocycles. The summed E-state index contributed by atoms with van der Waals surface area (Å²) in [4.78, 5) is 13.9. The summed E-state index contributed by atoms with van der Waals surface area (Å²) in [5.41, 5.74) is 1.37. The molecule has 4 heteroatoms. The van der Waals surface area contributed by atoms with Crippen molar-refractivity contribution in [2.24, 2.45) is 0 Å². The molecule has 1 saturated carbocycles. The Labute approximate surface area is 90.3 Å². The summed E-state index contributed by atoms with van der Waals surface area (Å²) in [7, 11) is 0. The molecule has 0 amide bonds. The molecule has 0 bridgehead atoms. The summed E-state index contributed by atoms with van der Waals surface area (Å²) in [5.74, 6) is -1.01. The highest BCUT2D eigenvalue weighted by molar-refractivity contribution is 5.99. The summed E-state index contributed by atoms with van der Waals surface area (Å²) in [6, 6.07) is 2.02. The number of carbonyl (C=O) groups is 1. The second-order valence-electron chi connectivity index (χ2n) is 4.15. The van der Waals surface area contributed by atoms with Gasteiger partial charge < -0.3 is 4.98 Å². The second-order valence-corrected chi connectivity index (χ2v) is 4.15. The fourth-order valence-electron chi connectivity index (χ4n) is 2.08. The molecular formula is C12H9F2NO. The molecule has 1 N–H and O–H groups in total. The van der Waals surface area contributed by atoms with Crippen molar-refractivity contribution < 1.29 is 13.6 Å². The van der Waals surface area contributed by atoms with E-state index in [1.54, 1.807) is 0 Å². The first kappa shape index (κ1) is 9.51. The number of carbonyl (C=O) groups excluding carboxylic acids is 1. The highest BCUT2D eigenvalue weighted by Gasteiger charge is 2.29. The normalized spacial score (nSPS) is 15.6. The van der Waals surface area contributed by atoms with Gasteiger partial charge in [-0.1, -0.05) is 0 Å². The number of hydrogen-bond acceptors (Lipinski definition) is 1. The molecule has 1 heterocycles. The van der Waals surface area contributed by atoms with Crippen LogP contribution in [0.2, 0.25) is 0 Å². The number of H-pyrrole nitrogens is 1. The molecule has 2 nitrogen and oxygen atoms in total. The minimum Gasteiger partial charge on any atom is -0.355 e. The Morgan fingerprint density at radius 2 is 2.06 bits per heavy atom. The number of nitrogens with one attached hydrogen (secondary N) is 1. The van der Waals surface area contributed by atoms with Gasteiger partial charge in [0, 0.05) is 22.7 Å². The third-order valence-corrected chi connectivity index (χ3v) is 3.00. The monoisotopic (exact) mass is 221 g/mol. The van der Waals surface area contributed by atoms with Crippen LogP contribution in [0, 0.1) is 11.6 Å². The predicted octanol–water partition coefficient (Wildman–Crippen LogP) is 3.14. The minimum absolute atomic E-state index is 0.227. The standard InChI is InChI=1S/C12H9F2NO/c13-7-3-8-9(5-16)11(6-1-2-6)15-12(8)10(14)4-7/h3-6,15H,1-2H2. The maximum Gasteiger partial charge on any atom is 0.152 e. The summed E-state index contributed by atoms with van der Waals surface area (Å²) in [5, 5.41) is 0.342. The molecule has 3 rings (SSSR count). The van der Waals surface area contributed by atoms with Crippen LogP contribution in [-0.4, -0.2) is 11.3 Å². The highest BCUT2D eigenvalue weighted by Crippen LogP contribution is 2.42. The van der Waals surface area contributed by atoms with Crippen LogP contribution < -0.4 is 0 Å². The maximum absolute atomic E-state index is 13.5. The van der Waals surface area contributed by atoms with Gasteiger partial charge in [0.25, 0.3) is 0 Å². The highest BCUT2D eigenvalue weighted by atomic mass is 19.1. The van der Waals surface area contributed by atoms with Gasteiger partial charge >= 0.3 is 0 Å². The van der Waals surface area contributed by atoms with Crippen LogP contribution in [0.4, 0.5) is 8.78 Å². The van der Waals surface area contributed by atoms with Crippen LogP contribution in [0.15, 0.2) is 12.1 Å². The first-order chi connectivity index (χ1) is 7.70. The summed E-state index contributed by atoms with van der Waals surface area (Å²) >= 11 is 0. The van der Waals surface area contributed by atoms with Crippen molar-refractivity contribution in [1.29, 1.82) is 0 Å². The largest absolute Gasteiger partial charge is 0.355 e. The SMILES string of the molecule is O=Cc1c(C2CC2)[nH]c2c(F)cc(F)cc12. The predicted molar refractivity (Wildman–Crippen MR) is 55.6 cm³/mol. The lowest BCUT2D eigenvalue weighted by Gasteiger charge is -1.93. The van der Waals surface area contributed by atoms with Gasteiger partial charge in [0.1, 0.15) is 11.6 Å². The molecule has 0 spiro atoms. The smallest absolute Gasteiger partial charge is 0.152 e. The topological polar surface area (TPSA) is 32.9 Å². The Bertz CT molecular complexity index is 584.